The van der Waals surface area contributed by atoms with Gasteiger partial charge in [0.15, 0.2) is 0 Å². The summed E-state index contributed by atoms with van der Waals surface area (Å²) >= 11 is 0. The van der Waals surface area contributed by atoms with Gasteiger partial charge < -0.3 is 10.8 Å². The zero-order chi connectivity index (χ0) is 10.9. The molecule has 0 radical (unpaired) electrons. The predicted octanol–water partition coefficient (Wildman–Crippen LogP) is 3.37. The minimum atomic E-state index is 0.298. The van der Waals surface area contributed by atoms with Crippen molar-refractivity contribution in [2.75, 3.05) is 0 Å². The van der Waals surface area contributed by atoms with Crippen molar-refractivity contribution >= 4 is 11.4 Å². The SMILES string of the molecule is C=CC(=N)/C(C=C)=C\C(C)=N.CC. The number of hydrogen-bond acceptors (Lipinski definition) is 2. The molecule has 0 bridgehead atoms. The first-order chi connectivity index (χ1) is 6.11. The number of nitrogens with one attached hydrogen (secondary N) is 2. The van der Waals surface area contributed by atoms with Crippen LogP contribution in [0.4, 0.5) is 0 Å². The van der Waals surface area contributed by atoms with Gasteiger partial charge in [-0.2, -0.15) is 0 Å². The van der Waals surface area contributed by atoms with Crippen LogP contribution in [0.15, 0.2) is 37.0 Å². The van der Waals surface area contributed by atoms with E-state index in [4.69, 9.17) is 10.8 Å². The molecule has 0 unspecified atom stereocenters. The summed E-state index contributed by atoms with van der Waals surface area (Å²) in [5.41, 5.74) is 1.34. The highest BCUT2D eigenvalue weighted by Crippen LogP contribution is 1.99. The van der Waals surface area contributed by atoms with E-state index < -0.39 is 0 Å². The summed E-state index contributed by atoms with van der Waals surface area (Å²) in [6.45, 7) is 12.6. The Morgan fingerprint density at radius 2 is 1.54 bits per heavy atom. The second-order valence-electron chi connectivity index (χ2n) is 2.10. The molecule has 13 heavy (non-hydrogen) atoms. The van der Waals surface area contributed by atoms with Crippen LogP contribution < -0.4 is 0 Å². The third kappa shape index (κ3) is 6.94. The van der Waals surface area contributed by atoms with E-state index in [0.29, 0.717) is 17.0 Å². The molecule has 0 heterocycles. The maximum Gasteiger partial charge on any atom is 0.0606 e. The second-order valence-corrected chi connectivity index (χ2v) is 2.10. The van der Waals surface area contributed by atoms with E-state index in [2.05, 4.69) is 13.2 Å². The van der Waals surface area contributed by atoms with Crippen LogP contribution in [-0.4, -0.2) is 11.4 Å². The third-order valence-electron chi connectivity index (χ3n) is 1.11. The Balaban J connectivity index is 0. The highest BCUT2D eigenvalue weighted by Gasteiger charge is 1.95. The molecule has 0 aliphatic carbocycles. The lowest BCUT2D eigenvalue weighted by Crippen LogP contribution is -1.96. The van der Waals surface area contributed by atoms with E-state index in [1.165, 1.54) is 6.08 Å². The molecule has 0 amide bonds. The topological polar surface area (TPSA) is 47.7 Å². The van der Waals surface area contributed by atoms with Crippen LogP contribution in [0.2, 0.25) is 0 Å². The van der Waals surface area contributed by atoms with Gasteiger partial charge in [-0.3, -0.25) is 0 Å². The van der Waals surface area contributed by atoms with Gasteiger partial charge in [0.1, 0.15) is 0 Å². The van der Waals surface area contributed by atoms with E-state index in [9.17, 15) is 0 Å². The van der Waals surface area contributed by atoms with Gasteiger partial charge in [0.2, 0.25) is 0 Å². The van der Waals surface area contributed by atoms with E-state index in [0.717, 1.165) is 0 Å². The highest BCUT2D eigenvalue weighted by molar-refractivity contribution is 6.11. The number of rotatable bonds is 4. The Kier molecular flexibility index (Phi) is 9.39. The summed E-state index contributed by atoms with van der Waals surface area (Å²) in [6, 6.07) is 0. The van der Waals surface area contributed by atoms with Crippen molar-refractivity contribution in [3.05, 3.63) is 37.0 Å². The molecule has 0 saturated carbocycles. The third-order valence-corrected chi connectivity index (χ3v) is 1.11. The van der Waals surface area contributed by atoms with Crippen molar-refractivity contribution in [3.63, 3.8) is 0 Å². The van der Waals surface area contributed by atoms with Crippen molar-refractivity contribution in [1.29, 1.82) is 10.8 Å². The molecule has 0 aromatic rings. The zero-order valence-corrected chi connectivity index (χ0v) is 8.65. The van der Waals surface area contributed by atoms with Gasteiger partial charge >= 0.3 is 0 Å². The minimum Gasteiger partial charge on any atom is -0.306 e. The Hall–Kier alpha value is -1.44. The summed E-state index contributed by atoms with van der Waals surface area (Å²) in [7, 11) is 0. The average Bonchev–Trinajstić information content (AvgIpc) is 2.16. The van der Waals surface area contributed by atoms with Crippen LogP contribution in [0.3, 0.4) is 0 Å². The Morgan fingerprint density at radius 3 is 1.77 bits per heavy atom. The molecule has 0 aromatic heterocycles. The Bertz CT molecular complexity index is 234. The lowest BCUT2D eigenvalue weighted by Gasteiger charge is -1.96. The fraction of sp³-hybridized carbons (Fsp3) is 0.273. The van der Waals surface area contributed by atoms with Crippen LogP contribution in [0, 0.1) is 10.8 Å². The molecule has 0 fully saturated rings. The molecule has 0 atom stereocenters. The van der Waals surface area contributed by atoms with Crippen molar-refractivity contribution in [1.82, 2.24) is 0 Å². The van der Waals surface area contributed by atoms with E-state index >= 15 is 0 Å². The van der Waals surface area contributed by atoms with Gasteiger partial charge in [-0.15, -0.1) is 0 Å². The van der Waals surface area contributed by atoms with Gasteiger partial charge in [-0.1, -0.05) is 33.1 Å². The Morgan fingerprint density at radius 1 is 1.08 bits per heavy atom. The molecule has 0 aliphatic rings. The summed E-state index contributed by atoms with van der Waals surface area (Å²) in [6.07, 6.45) is 4.55. The number of allylic oxidation sites excluding steroid dienone is 4. The Labute approximate surface area is 80.7 Å². The van der Waals surface area contributed by atoms with Crippen LogP contribution in [-0.2, 0) is 0 Å². The van der Waals surface area contributed by atoms with Crippen molar-refractivity contribution in [2.45, 2.75) is 20.8 Å². The quantitative estimate of drug-likeness (QED) is 0.490. The lowest BCUT2D eigenvalue weighted by atomic mass is 10.1. The summed E-state index contributed by atoms with van der Waals surface area (Å²) in [4.78, 5) is 0. The van der Waals surface area contributed by atoms with Gasteiger partial charge in [0.25, 0.3) is 0 Å². The highest BCUT2D eigenvalue weighted by atomic mass is 14.4. The smallest absolute Gasteiger partial charge is 0.0606 e. The molecule has 2 N–H and O–H groups in total. The van der Waals surface area contributed by atoms with Gasteiger partial charge in [0, 0.05) is 11.3 Å². The van der Waals surface area contributed by atoms with E-state index in [1.807, 2.05) is 13.8 Å². The molecule has 0 rings (SSSR count). The first-order valence-corrected chi connectivity index (χ1v) is 4.22. The standard InChI is InChI=1S/C9H12N2.C2H6/c1-4-8(6-7(3)10)9(11)5-2;1-2/h4-6,10-11H,1-2H2,3H3;1-2H3/b8-6-,10-7?,11-9?;. The summed E-state index contributed by atoms with van der Waals surface area (Å²) in [5, 5.41) is 14.5. The van der Waals surface area contributed by atoms with Crippen molar-refractivity contribution in [2.24, 2.45) is 0 Å². The summed E-state index contributed by atoms with van der Waals surface area (Å²) < 4.78 is 0. The number of hydrogen-bond donors (Lipinski definition) is 2. The molecular formula is C11H18N2. The van der Waals surface area contributed by atoms with Crippen molar-refractivity contribution < 1.29 is 0 Å². The fourth-order valence-electron chi connectivity index (χ4n) is 0.598. The zero-order valence-electron chi connectivity index (χ0n) is 8.65. The maximum absolute atomic E-state index is 7.33. The summed E-state index contributed by atoms with van der Waals surface area (Å²) in [5.74, 6) is 0. The molecular weight excluding hydrogens is 160 g/mol. The second kappa shape index (κ2) is 8.65. The minimum absolute atomic E-state index is 0.298. The van der Waals surface area contributed by atoms with Crippen LogP contribution in [0.1, 0.15) is 20.8 Å². The molecule has 72 valence electrons. The molecule has 0 spiro atoms. The van der Waals surface area contributed by atoms with E-state index in [-0.39, 0.29) is 0 Å². The van der Waals surface area contributed by atoms with Gasteiger partial charge in [-0.25, -0.2) is 0 Å². The molecule has 0 saturated heterocycles. The average molecular weight is 178 g/mol. The maximum atomic E-state index is 7.33. The first kappa shape index (κ1) is 14.1. The molecule has 0 aromatic carbocycles. The van der Waals surface area contributed by atoms with Gasteiger partial charge in [-0.05, 0) is 19.1 Å². The molecule has 0 aliphatic heterocycles. The van der Waals surface area contributed by atoms with Crippen LogP contribution in [0.25, 0.3) is 0 Å². The largest absolute Gasteiger partial charge is 0.306 e. The monoisotopic (exact) mass is 178 g/mol. The predicted molar refractivity (Wildman–Crippen MR) is 61.0 cm³/mol. The van der Waals surface area contributed by atoms with Crippen molar-refractivity contribution in [3.8, 4) is 0 Å². The normalized spacial score (nSPS) is 9.31. The fourth-order valence-corrected chi connectivity index (χ4v) is 0.598. The van der Waals surface area contributed by atoms with Crippen LogP contribution in [0.5, 0.6) is 0 Å². The van der Waals surface area contributed by atoms with Crippen LogP contribution >= 0.6 is 0 Å². The molecule has 2 heteroatoms. The first-order valence-electron chi connectivity index (χ1n) is 4.22. The van der Waals surface area contributed by atoms with Gasteiger partial charge in [0.05, 0.1) is 5.71 Å². The molecule has 2 nitrogen and oxygen atoms in total. The lowest BCUT2D eigenvalue weighted by molar-refractivity contribution is 1.47. The van der Waals surface area contributed by atoms with E-state index in [1.54, 1.807) is 19.1 Å².